The van der Waals surface area contributed by atoms with Gasteiger partial charge in [-0.05, 0) is 54.7 Å². The van der Waals surface area contributed by atoms with Crippen LogP contribution in [0.2, 0.25) is 0 Å². The van der Waals surface area contributed by atoms with Crippen LogP contribution in [-0.2, 0) is 19.0 Å². The maximum atomic E-state index is 13.5. The maximum absolute atomic E-state index is 13.5. The Hall–Kier alpha value is -3.09. The van der Waals surface area contributed by atoms with Crippen molar-refractivity contribution in [2.24, 2.45) is 0 Å². The molecule has 1 heterocycles. The second kappa shape index (κ2) is 10.3. The Labute approximate surface area is 181 Å². The van der Waals surface area contributed by atoms with E-state index in [1.807, 2.05) is 42.5 Å². The normalized spacial score (nSPS) is 11.4. The van der Waals surface area contributed by atoms with Crippen LogP contribution in [-0.4, -0.2) is 9.97 Å². The van der Waals surface area contributed by atoms with Crippen LogP contribution in [0.5, 0.6) is 0 Å². The summed E-state index contributed by atoms with van der Waals surface area (Å²) in [7, 11) is 0. The molecule has 0 radical (unpaired) electrons. The van der Waals surface area contributed by atoms with E-state index < -0.39 is 11.7 Å². The van der Waals surface area contributed by atoms with E-state index >= 15 is 0 Å². The maximum Gasteiger partial charge on any atom is 0.421 e. The molecule has 2 aromatic carbocycles. The van der Waals surface area contributed by atoms with Crippen molar-refractivity contribution in [3.8, 4) is 0 Å². The number of aryl methyl sites for hydroxylation is 2. The number of nitrogens with zero attached hydrogens (tertiary/aromatic N) is 2. The number of nitrogens with one attached hydrogen (secondary N) is 2. The second-order valence-electron chi connectivity index (χ2n) is 7.45. The van der Waals surface area contributed by atoms with E-state index in [2.05, 4.69) is 34.4 Å². The first-order valence-corrected chi connectivity index (χ1v) is 10.5. The van der Waals surface area contributed by atoms with E-state index in [9.17, 15) is 13.2 Å². The minimum absolute atomic E-state index is 0.0986. The molecule has 0 aliphatic rings. The van der Waals surface area contributed by atoms with Gasteiger partial charge in [0.05, 0.1) is 0 Å². The van der Waals surface area contributed by atoms with E-state index in [0.29, 0.717) is 5.69 Å². The number of rotatable bonds is 9. The number of anilines is 4. The summed E-state index contributed by atoms with van der Waals surface area (Å²) in [4.78, 5) is 8.00. The molecule has 3 rings (SSSR count). The van der Waals surface area contributed by atoms with Crippen LogP contribution in [0.1, 0.15) is 49.8 Å². The van der Waals surface area contributed by atoms with Gasteiger partial charge in [0.2, 0.25) is 5.95 Å². The minimum Gasteiger partial charge on any atom is -0.340 e. The van der Waals surface area contributed by atoms with Gasteiger partial charge in [-0.25, -0.2) is 4.98 Å². The first-order chi connectivity index (χ1) is 14.9. The molecule has 7 heteroatoms. The Balaban J connectivity index is 1.84. The van der Waals surface area contributed by atoms with Gasteiger partial charge in [0.25, 0.3) is 0 Å². The Bertz CT molecular complexity index is 985. The van der Waals surface area contributed by atoms with Crippen LogP contribution in [0.15, 0.2) is 54.7 Å². The van der Waals surface area contributed by atoms with Crippen molar-refractivity contribution in [2.45, 2.75) is 52.1 Å². The summed E-state index contributed by atoms with van der Waals surface area (Å²) in [6.45, 7) is 4.20. The van der Waals surface area contributed by atoms with Crippen molar-refractivity contribution in [3.63, 3.8) is 0 Å². The first-order valence-electron chi connectivity index (χ1n) is 10.5. The van der Waals surface area contributed by atoms with Crippen molar-refractivity contribution in [2.75, 3.05) is 10.6 Å². The van der Waals surface area contributed by atoms with E-state index in [1.165, 1.54) is 5.56 Å². The molecule has 0 amide bonds. The van der Waals surface area contributed by atoms with E-state index in [-0.39, 0.29) is 11.8 Å². The highest BCUT2D eigenvalue weighted by Crippen LogP contribution is 2.35. The molecule has 2 N–H and O–H groups in total. The van der Waals surface area contributed by atoms with Crippen LogP contribution in [0.25, 0.3) is 0 Å². The molecular formula is C24H27F3N4. The Morgan fingerprint density at radius 2 is 1.61 bits per heavy atom. The fourth-order valence-corrected chi connectivity index (χ4v) is 3.24. The predicted octanol–water partition coefficient (Wildman–Crippen LogP) is 7.28. The molecule has 0 bridgehead atoms. The number of hydrogen-bond donors (Lipinski definition) is 2. The zero-order valence-corrected chi connectivity index (χ0v) is 17.8. The quantitative estimate of drug-likeness (QED) is 0.376. The number of alkyl halides is 3. The minimum atomic E-state index is -4.57. The van der Waals surface area contributed by atoms with Crippen molar-refractivity contribution in [3.05, 3.63) is 71.4 Å². The molecule has 0 spiro atoms. The molecule has 164 valence electrons. The number of aromatic nitrogens is 2. The van der Waals surface area contributed by atoms with E-state index in [4.69, 9.17) is 0 Å². The molecule has 1 aromatic heterocycles. The average Bonchev–Trinajstić information content (AvgIpc) is 2.73. The molecule has 0 saturated carbocycles. The van der Waals surface area contributed by atoms with Crippen molar-refractivity contribution in [1.82, 2.24) is 9.97 Å². The van der Waals surface area contributed by atoms with Crippen molar-refractivity contribution in [1.29, 1.82) is 0 Å². The molecule has 31 heavy (non-hydrogen) atoms. The summed E-state index contributed by atoms with van der Waals surface area (Å²) in [5, 5.41) is 5.82. The van der Waals surface area contributed by atoms with Gasteiger partial charge < -0.3 is 10.6 Å². The topological polar surface area (TPSA) is 49.8 Å². The Morgan fingerprint density at radius 1 is 0.839 bits per heavy atom. The summed E-state index contributed by atoms with van der Waals surface area (Å²) in [5.74, 6) is -0.181. The fourth-order valence-electron chi connectivity index (χ4n) is 3.24. The third-order valence-electron chi connectivity index (χ3n) is 4.85. The molecule has 0 saturated heterocycles. The number of unbranched alkanes of at least 4 members (excludes halogenated alkanes) is 1. The molecule has 0 aliphatic heterocycles. The predicted molar refractivity (Wildman–Crippen MR) is 119 cm³/mol. The summed E-state index contributed by atoms with van der Waals surface area (Å²) >= 11 is 0. The van der Waals surface area contributed by atoms with E-state index in [1.54, 1.807) is 6.07 Å². The van der Waals surface area contributed by atoms with Gasteiger partial charge in [-0.2, -0.15) is 18.2 Å². The van der Waals surface area contributed by atoms with Gasteiger partial charge in [0.1, 0.15) is 11.4 Å². The zero-order chi connectivity index (χ0) is 22.3. The van der Waals surface area contributed by atoms with Crippen LogP contribution in [0.3, 0.4) is 0 Å². The number of benzene rings is 2. The van der Waals surface area contributed by atoms with Crippen LogP contribution in [0.4, 0.5) is 36.3 Å². The Morgan fingerprint density at radius 3 is 2.29 bits per heavy atom. The first kappa shape index (κ1) is 22.6. The summed E-state index contributed by atoms with van der Waals surface area (Å²) in [6, 6.07) is 15.1. The SMILES string of the molecule is CCCCc1ccc(Nc2ncc(C(F)(F)F)c(Nc3cccc(CCC)c3)n2)cc1. The van der Waals surface area contributed by atoms with Gasteiger partial charge in [-0.3, -0.25) is 0 Å². The lowest BCUT2D eigenvalue weighted by atomic mass is 10.1. The highest BCUT2D eigenvalue weighted by molar-refractivity contribution is 5.63. The highest BCUT2D eigenvalue weighted by atomic mass is 19.4. The van der Waals surface area contributed by atoms with Gasteiger partial charge >= 0.3 is 6.18 Å². The van der Waals surface area contributed by atoms with Crippen LogP contribution in [0, 0.1) is 0 Å². The third-order valence-corrected chi connectivity index (χ3v) is 4.85. The summed E-state index contributed by atoms with van der Waals surface area (Å²) in [5.41, 5.74) is 2.64. The third kappa shape index (κ3) is 6.44. The molecule has 0 aliphatic carbocycles. The van der Waals surface area contributed by atoms with Gasteiger partial charge in [0.15, 0.2) is 0 Å². The van der Waals surface area contributed by atoms with Crippen LogP contribution < -0.4 is 10.6 Å². The van der Waals surface area contributed by atoms with Gasteiger partial charge in [-0.15, -0.1) is 0 Å². The summed E-state index contributed by atoms with van der Waals surface area (Å²) < 4.78 is 40.5. The lowest BCUT2D eigenvalue weighted by Gasteiger charge is -2.15. The van der Waals surface area contributed by atoms with Gasteiger partial charge in [-0.1, -0.05) is 51.0 Å². The largest absolute Gasteiger partial charge is 0.421 e. The Kier molecular flexibility index (Phi) is 7.50. The molecule has 3 aromatic rings. The lowest BCUT2D eigenvalue weighted by Crippen LogP contribution is -2.12. The molecule has 4 nitrogen and oxygen atoms in total. The van der Waals surface area contributed by atoms with Crippen molar-refractivity contribution >= 4 is 23.1 Å². The number of hydrogen-bond acceptors (Lipinski definition) is 4. The highest BCUT2D eigenvalue weighted by Gasteiger charge is 2.35. The fraction of sp³-hybridized carbons (Fsp3) is 0.333. The summed E-state index contributed by atoms with van der Waals surface area (Å²) in [6.07, 6.45) is 1.28. The molecule has 0 fully saturated rings. The monoisotopic (exact) mass is 428 g/mol. The zero-order valence-electron chi connectivity index (χ0n) is 17.8. The molecule has 0 unspecified atom stereocenters. The average molecular weight is 429 g/mol. The number of halogens is 3. The van der Waals surface area contributed by atoms with Crippen molar-refractivity contribution < 1.29 is 13.2 Å². The standard InChI is InChI=1S/C24H27F3N4/c1-3-5-8-17-11-13-19(14-12-17)30-23-28-16-21(24(25,26)27)22(31-23)29-20-10-6-9-18(15-20)7-4-2/h6,9-16H,3-5,7-8H2,1-2H3,(H2,28,29,30,31). The molecular weight excluding hydrogens is 401 g/mol. The second-order valence-corrected chi connectivity index (χ2v) is 7.45. The van der Waals surface area contributed by atoms with E-state index in [0.717, 1.165) is 49.6 Å². The molecule has 0 atom stereocenters. The lowest BCUT2D eigenvalue weighted by molar-refractivity contribution is -0.137. The smallest absolute Gasteiger partial charge is 0.340 e. The van der Waals surface area contributed by atoms with Crippen LogP contribution >= 0.6 is 0 Å². The van der Waals surface area contributed by atoms with Gasteiger partial charge in [0, 0.05) is 17.6 Å².